The zero-order chi connectivity index (χ0) is 12.8. The molecule has 0 amide bonds. The normalized spacial score (nSPS) is 14.2. The third kappa shape index (κ3) is 3.91. The van der Waals surface area contributed by atoms with Crippen molar-refractivity contribution in [1.82, 2.24) is 5.32 Å². The topological polar surface area (TPSA) is 50.7 Å². The molecule has 4 heteroatoms. The standard InChI is InChI=1S/C13H21NO3/c1-9(15)10(2)17-13-7-12(16-4)6-5-11(13)8-14-3/h5-7,9-10,14-15H,8H2,1-4H3. The highest BCUT2D eigenvalue weighted by Crippen LogP contribution is 2.26. The summed E-state index contributed by atoms with van der Waals surface area (Å²) >= 11 is 0. The largest absolute Gasteiger partial charge is 0.497 e. The lowest BCUT2D eigenvalue weighted by Crippen LogP contribution is -2.26. The van der Waals surface area contributed by atoms with E-state index < -0.39 is 6.10 Å². The van der Waals surface area contributed by atoms with Gasteiger partial charge >= 0.3 is 0 Å². The maximum atomic E-state index is 9.46. The number of aliphatic hydroxyl groups excluding tert-OH is 1. The van der Waals surface area contributed by atoms with Crippen molar-refractivity contribution in [2.75, 3.05) is 14.2 Å². The summed E-state index contributed by atoms with van der Waals surface area (Å²) in [5.41, 5.74) is 1.04. The Kier molecular flexibility index (Phi) is 5.25. The molecular formula is C13H21NO3. The van der Waals surface area contributed by atoms with Crippen molar-refractivity contribution in [2.24, 2.45) is 0 Å². The van der Waals surface area contributed by atoms with Crippen LogP contribution in [0.1, 0.15) is 19.4 Å². The summed E-state index contributed by atoms with van der Waals surface area (Å²) in [4.78, 5) is 0. The SMILES string of the molecule is CNCc1ccc(OC)cc1OC(C)C(C)O. The smallest absolute Gasteiger partial charge is 0.128 e. The number of hydrogen-bond donors (Lipinski definition) is 2. The number of rotatable bonds is 6. The molecule has 0 saturated carbocycles. The molecule has 0 saturated heterocycles. The summed E-state index contributed by atoms with van der Waals surface area (Å²) in [5.74, 6) is 1.49. The fourth-order valence-electron chi connectivity index (χ4n) is 1.41. The van der Waals surface area contributed by atoms with Crippen molar-refractivity contribution in [1.29, 1.82) is 0 Å². The van der Waals surface area contributed by atoms with E-state index in [-0.39, 0.29) is 6.10 Å². The molecule has 2 N–H and O–H groups in total. The highest BCUT2D eigenvalue weighted by atomic mass is 16.5. The first-order chi connectivity index (χ1) is 8.08. The summed E-state index contributed by atoms with van der Waals surface area (Å²) < 4.78 is 10.9. The molecule has 0 aliphatic rings. The van der Waals surface area contributed by atoms with Crippen LogP contribution in [0.3, 0.4) is 0 Å². The minimum Gasteiger partial charge on any atom is -0.497 e. The predicted octanol–water partition coefficient (Wildman–Crippen LogP) is 1.56. The zero-order valence-corrected chi connectivity index (χ0v) is 10.9. The van der Waals surface area contributed by atoms with Gasteiger partial charge in [0, 0.05) is 18.2 Å². The third-order valence-corrected chi connectivity index (χ3v) is 2.63. The lowest BCUT2D eigenvalue weighted by atomic mass is 10.1. The van der Waals surface area contributed by atoms with E-state index in [0.29, 0.717) is 6.54 Å². The lowest BCUT2D eigenvalue weighted by molar-refractivity contribution is 0.0596. The molecule has 2 atom stereocenters. The minimum atomic E-state index is -0.511. The van der Waals surface area contributed by atoms with E-state index in [1.807, 2.05) is 32.2 Å². The van der Waals surface area contributed by atoms with Gasteiger partial charge in [0.1, 0.15) is 17.6 Å². The number of aliphatic hydroxyl groups is 1. The van der Waals surface area contributed by atoms with Crippen LogP contribution in [0.4, 0.5) is 0 Å². The second-order valence-electron chi connectivity index (χ2n) is 4.07. The van der Waals surface area contributed by atoms with Gasteiger partial charge in [0.15, 0.2) is 0 Å². The van der Waals surface area contributed by atoms with E-state index in [1.165, 1.54) is 0 Å². The molecule has 1 rings (SSSR count). The second kappa shape index (κ2) is 6.47. The van der Waals surface area contributed by atoms with Crippen LogP contribution in [0, 0.1) is 0 Å². The van der Waals surface area contributed by atoms with E-state index in [0.717, 1.165) is 17.1 Å². The van der Waals surface area contributed by atoms with Crippen molar-refractivity contribution >= 4 is 0 Å². The molecule has 0 heterocycles. The Labute approximate surface area is 103 Å². The Morgan fingerprint density at radius 3 is 2.59 bits per heavy atom. The monoisotopic (exact) mass is 239 g/mol. The Morgan fingerprint density at radius 1 is 1.35 bits per heavy atom. The van der Waals surface area contributed by atoms with Gasteiger partial charge in [0.2, 0.25) is 0 Å². The van der Waals surface area contributed by atoms with Gasteiger partial charge in [-0.3, -0.25) is 0 Å². The first-order valence-corrected chi connectivity index (χ1v) is 5.74. The fourth-order valence-corrected chi connectivity index (χ4v) is 1.41. The Balaban J connectivity index is 2.92. The highest BCUT2D eigenvalue weighted by molar-refractivity contribution is 5.40. The number of benzene rings is 1. The number of hydrogen-bond acceptors (Lipinski definition) is 4. The molecule has 0 bridgehead atoms. The van der Waals surface area contributed by atoms with Gasteiger partial charge in [-0.15, -0.1) is 0 Å². The van der Waals surface area contributed by atoms with Crippen LogP contribution in [-0.4, -0.2) is 31.5 Å². The van der Waals surface area contributed by atoms with Gasteiger partial charge < -0.3 is 19.9 Å². The minimum absolute atomic E-state index is 0.252. The van der Waals surface area contributed by atoms with E-state index >= 15 is 0 Å². The molecule has 2 unspecified atom stereocenters. The Bertz CT molecular complexity index is 353. The van der Waals surface area contributed by atoms with Crippen LogP contribution in [0.25, 0.3) is 0 Å². The number of ether oxygens (including phenoxy) is 2. The maximum absolute atomic E-state index is 9.46. The van der Waals surface area contributed by atoms with Crippen molar-refractivity contribution < 1.29 is 14.6 Å². The molecule has 0 aliphatic carbocycles. The predicted molar refractivity (Wildman–Crippen MR) is 67.5 cm³/mol. The summed E-state index contributed by atoms with van der Waals surface area (Å²) in [6.45, 7) is 4.27. The van der Waals surface area contributed by atoms with Crippen molar-refractivity contribution in [2.45, 2.75) is 32.6 Å². The van der Waals surface area contributed by atoms with Crippen LogP contribution >= 0.6 is 0 Å². The van der Waals surface area contributed by atoms with Crippen LogP contribution in [0.15, 0.2) is 18.2 Å². The summed E-state index contributed by atoms with van der Waals surface area (Å²) in [6.07, 6.45) is -0.763. The molecule has 17 heavy (non-hydrogen) atoms. The molecule has 4 nitrogen and oxygen atoms in total. The first-order valence-electron chi connectivity index (χ1n) is 5.74. The van der Waals surface area contributed by atoms with Gasteiger partial charge in [0.25, 0.3) is 0 Å². The van der Waals surface area contributed by atoms with E-state index in [2.05, 4.69) is 5.32 Å². The molecular weight excluding hydrogens is 218 g/mol. The Morgan fingerprint density at radius 2 is 2.06 bits per heavy atom. The highest BCUT2D eigenvalue weighted by Gasteiger charge is 2.13. The van der Waals surface area contributed by atoms with Crippen molar-refractivity contribution in [3.63, 3.8) is 0 Å². The van der Waals surface area contributed by atoms with Gasteiger partial charge in [-0.05, 0) is 27.0 Å². The average Bonchev–Trinajstić information content (AvgIpc) is 2.31. The van der Waals surface area contributed by atoms with E-state index in [4.69, 9.17) is 9.47 Å². The molecule has 1 aromatic rings. The average molecular weight is 239 g/mol. The first kappa shape index (κ1) is 13.8. The molecule has 0 aromatic heterocycles. The maximum Gasteiger partial charge on any atom is 0.128 e. The summed E-state index contributed by atoms with van der Waals surface area (Å²) in [6, 6.07) is 5.69. The Hall–Kier alpha value is -1.26. The van der Waals surface area contributed by atoms with Crippen molar-refractivity contribution in [3.8, 4) is 11.5 Å². The zero-order valence-electron chi connectivity index (χ0n) is 10.9. The quantitative estimate of drug-likeness (QED) is 0.791. The van der Waals surface area contributed by atoms with Crippen LogP contribution in [0.2, 0.25) is 0 Å². The number of nitrogens with one attached hydrogen (secondary N) is 1. The second-order valence-corrected chi connectivity index (χ2v) is 4.07. The number of methoxy groups -OCH3 is 1. The summed E-state index contributed by atoms with van der Waals surface area (Å²) in [7, 11) is 3.50. The van der Waals surface area contributed by atoms with Gasteiger partial charge in [-0.25, -0.2) is 0 Å². The van der Waals surface area contributed by atoms with Crippen LogP contribution < -0.4 is 14.8 Å². The molecule has 0 spiro atoms. The third-order valence-electron chi connectivity index (χ3n) is 2.63. The van der Waals surface area contributed by atoms with Crippen molar-refractivity contribution in [3.05, 3.63) is 23.8 Å². The molecule has 96 valence electrons. The van der Waals surface area contributed by atoms with E-state index in [1.54, 1.807) is 14.0 Å². The van der Waals surface area contributed by atoms with Gasteiger partial charge in [-0.2, -0.15) is 0 Å². The van der Waals surface area contributed by atoms with Crippen LogP contribution in [0.5, 0.6) is 11.5 Å². The van der Waals surface area contributed by atoms with Gasteiger partial charge in [0.05, 0.1) is 13.2 Å². The molecule has 1 aromatic carbocycles. The van der Waals surface area contributed by atoms with E-state index in [9.17, 15) is 5.11 Å². The molecule has 0 fully saturated rings. The fraction of sp³-hybridized carbons (Fsp3) is 0.538. The van der Waals surface area contributed by atoms with Crippen LogP contribution in [-0.2, 0) is 6.54 Å². The summed E-state index contributed by atoms with van der Waals surface area (Å²) in [5, 5.41) is 12.5. The molecule has 0 aliphatic heterocycles. The molecule has 0 radical (unpaired) electrons. The van der Waals surface area contributed by atoms with Gasteiger partial charge in [-0.1, -0.05) is 6.07 Å². The lowest BCUT2D eigenvalue weighted by Gasteiger charge is -2.20.